The summed E-state index contributed by atoms with van der Waals surface area (Å²) in [7, 11) is 0. The van der Waals surface area contributed by atoms with Crippen LogP contribution in [0.5, 0.6) is 0 Å². The van der Waals surface area contributed by atoms with Crippen LogP contribution in [0.15, 0.2) is 0 Å². The molecule has 0 nitrogen and oxygen atoms in total. The van der Waals surface area contributed by atoms with Gasteiger partial charge in [0, 0.05) is 0 Å². The molecule has 0 aliphatic heterocycles. The molecule has 0 aliphatic rings. The number of alkyl halides is 3. The van der Waals surface area contributed by atoms with E-state index in [0.717, 1.165) is 0 Å². The molecule has 0 aliphatic carbocycles. The predicted molar refractivity (Wildman–Crippen MR) is 66.0 cm³/mol. The van der Waals surface area contributed by atoms with Gasteiger partial charge in [-0.3, -0.25) is 0 Å². The topological polar surface area (TPSA) is 0 Å². The molecule has 8 heavy (non-hydrogen) atoms. The summed E-state index contributed by atoms with van der Waals surface area (Å²) in [6.07, 6.45) is 2.77. The molecule has 0 saturated carbocycles. The third kappa shape index (κ3) is 8.99. The second kappa shape index (κ2) is 5.62. The Morgan fingerprint density at radius 1 is 1.25 bits per heavy atom. The van der Waals surface area contributed by atoms with Crippen LogP contribution < -0.4 is 0 Å². The Labute approximate surface area is 105 Å². The van der Waals surface area contributed by atoms with Gasteiger partial charge in [-0.15, -0.1) is 0 Å². The minimum absolute atomic E-state index is 0.482. The molecule has 0 amide bonds. The van der Waals surface area contributed by atoms with E-state index in [2.05, 4.69) is 67.8 Å². The van der Waals surface area contributed by atoms with E-state index in [4.69, 9.17) is 0 Å². The quantitative estimate of drug-likeness (QED) is 0.286. The second-order valence-electron chi connectivity index (χ2n) is 1.51. The normalized spacial score (nSPS) is 12.0. The van der Waals surface area contributed by atoms with E-state index in [1.807, 2.05) is 0 Å². The fourth-order valence-electron chi connectivity index (χ4n) is 0.303. The van der Waals surface area contributed by atoms with Gasteiger partial charge in [-0.1, -0.05) is 0 Å². The maximum absolute atomic E-state index is 2.49. The van der Waals surface area contributed by atoms with Gasteiger partial charge < -0.3 is 0 Å². The van der Waals surface area contributed by atoms with Crippen LogP contribution in [-0.4, -0.2) is 22.0 Å². The molecule has 0 bridgehead atoms. The Morgan fingerprint density at radius 2 is 1.75 bits per heavy atom. The van der Waals surface area contributed by atoms with Gasteiger partial charge >= 0.3 is 107 Å². The average Bonchev–Trinajstić information content (AvgIpc) is 1.59. The number of halogens is 3. The van der Waals surface area contributed by atoms with Gasteiger partial charge in [0.2, 0.25) is 0 Å². The Morgan fingerprint density at radius 3 is 1.88 bits per heavy atom. The van der Waals surface area contributed by atoms with Gasteiger partial charge in [-0.25, -0.2) is 0 Å². The summed E-state index contributed by atoms with van der Waals surface area (Å²) in [5.74, 6) is 0. The maximum atomic E-state index is 2.49. The SMILES string of the molecule is [SnH][CH2]CCC(I)(I)I. The first-order chi connectivity index (χ1) is 3.56. The summed E-state index contributed by atoms with van der Waals surface area (Å²) >= 11 is 8.89. The minimum atomic E-state index is 0.482. The van der Waals surface area contributed by atoms with Crippen molar-refractivity contribution in [2.75, 3.05) is 0 Å². The van der Waals surface area contributed by atoms with Crippen LogP contribution in [0.4, 0.5) is 0 Å². The second-order valence-corrected chi connectivity index (χ2v) is 14.9. The molecular weight excluding hydrogens is 547 g/mol. The fraction of sp³-hybridized carbons (Fsp3) is 1.00. The van der Waals surface area contributed by atoms with Crippen LogP contribution in [0.25, 0.3) is 0 Å². The molecule has 0 aromatic heterocycles. The first-order valence-corrected chi connectivity index (χ1v) is 7.90. The first-order valence-electron chi connectivity index (χ1n) is 2.33. The van der Waals surface area contributed by atoms with E-state index in [1.54, 1.807) is 0 Å². The summed E-state index contributed by atoms with van der Waals surface area (Å²) in [5.41, 5.74) is 0. The molecule has 0 saturated heterocycles. The molecule has 0 N–H and O–H groups in total. The van der Waals surface area contributed by atoms with E-state index < -0.39 is 0 Å². The summed E-state index contributed by atoms with van der Waals surface area (Å²) < 4.78 is 1.93. The van der Waals surface area contributed by atoms with Gasteiger partial charge in [0.05, 0.1) is 0 Å². The standard InChI is InChI=1S/C4H6I3.Sn.H/c1-2-3-4(5,6)7;;/h1-3H2;;. The van der Waals surface area contributed by atoms with E-state index in [0.29, 0.717) is -0.565 Å². The van der Waals surface area contributed by atoms with Gasteiger partial charge in [-0.05, 0) is 0 Å². The molecule has 48 valence electrons. The number of rotatable bonds is 3. The van der Waals surface area contributed by atoms with Crippen LogP contribution in [0.2, 0.25) is 4.44 Å². The van der Waals surface area contributed by atoms with Crippen LogP contribution in [0.1, 0.15) is 12.8 Å². The monoisotopic (exact) mass is 556 g/mol. The van der Waals surface area contributed by atoms with Crippen LogP contribution in [0.3, 0.4) is 0 Å². The Bertz CT molecular complexity index is 58.8. The molecule has 2 radical (unpaired) electrons. The van der Waals surface area contributed by atoms with Gasteiger partial charge in [0.1, 0.15) is 0 Å². The van der Waals surface area contributed by atoms with E-state index in [1.165, 1.54) is 39.8 Å². The Balaban J connectivity index is 3.11. The summed E-state index contributed by atoms with van der Waals surface area (Å²) in [6, 6.07) is 0. The molecule has 0 unspecified atom stereocenters. The van der Waals surface area contributed by atoms with Gasteiger partial charge in [-0.2, -0.15) is 0 Å². The van der Waals surface area contributed by atoms with Crippen molar-refractivity contribution in [2.45, 2.75) is 16.7 Å². The Kier molecular flexibility index (Phi) is 7.71. The van der Waals surface area contributed by atoms with E-state index in [-0.39, 0.29) is 0 Å². The Hall–Kier alpha value is 2.99. The van der Waals surface area contributed by atoms with Crippen molar-refractivity contribution >= 4 is 90.3 Å². The van der Waals surface area contributed by atoms with Crippen molar-refractivity contribution in [3.05, 3.63) is 0 Å². The van der Waals surface area contributed by atoms with Crippen LogP contribution >= 0.6 is 67.8 Å². The van der Waals surface area contributed by atoms with Crippen molar-refractivity contribution in [1.29, 1.82) is 0 Å². The van der Waals surface area contributed by atoms with Gasteiger partial charge in [0.15, 0.2) is 0 Å². The fourth-order valence-corrected chi connectivity index (χ4v) is 2.03. The van der Waals surface area contributed by atoms with Gasteiger partial charge in [0.25, 0.3) is 0 Å². The third-order valence-electron chi connectivity index (χ3n) is 0.664. The molecule has 0 aromatic rings. The molecule has 4 heteroatoms. The number of hydrogen-bond donors (Lipinski definition) is 0. The van der Waals surface area contributed by atoms with Crippen LogP contribution in [-0.2, 0) is 0 Å². The predicted octanol–water partition coefficient (Wildman–Crippen LogP) is 3.04. The number of hydrogen-bond acceptors (Lipinski definition) is 0. The molecule has 0 heterocycles. The molecular formula is C4H7I3Sn. The summed E-state index contributed by atoms with van der Waals surface area (Å²) in [4.78, 5) is 0. The third-order valence-corrected chi connectivity index (χ3v) is 3.45. The van der Waals surface area contributed by atoms with Crippen molar-refractivity contribution in [2.24, 2.45) is 0 Å². The van der Waals surface area contributed by atoms with E-state index in [9.17, 15) is 0 Å². The van der Waals surface area contributed by atoms with Crippen molar-refractivity contribution in [3.63, 3.8) is 0 Å². The molecule has 0 spiro atoms. The molecule has 0 fully saturated rings. The van der Waals surface area contributed by atoms with Crippen LogP contribution in [0, 0.1) is 0 Å². The van der Waals surface area contributed by atoms with E-state index >= 15 is 0 Å². The molecule has 0 rings (SSSR count). The van der Waals surface area contributed by atoms with Crippen molar-refractivity contribution < 1.29 is 0 Å². The zero-order valence-corrected chi connectivity index (χ0v) is 14.1. The van der Waals surface area contributed by atoms with Crippen molar-refractivity contribution in [1.82, 2.24) is 0 Å². The van der Waals surface area contributed by atoms with Crippen molar-refractivity contribution in [3.8, 4) is 0 Å². The summed E-state index contributed by atoms with van der Waals surface area (Å²) in [5, 5.41) is 0. The zero-order valence-electron chi connectivity index (χ0n) is 4.33. The average molecular weight is 555 g/mol. The molecule has 0 aromatic carbocycles. The molecule has 0 atom stereocenters. The zero-order chi connectivity index (χ0) is 6.62. The first kappa shape index (κ1) is 11.0. The summed E-state index contributed by atoms with van der Waals surface area (Å²) in [6.45, 7) is 0.